The fourth-order valence-corrected chi connectivity index (χ4v) is 4.03. The summed E-state index contributed by atoms with van der Waals surface area (Å²) in [4.78, 5) is 31.6. The van der Waals surface area contributed by atoms with Gasteiger partial charge in [0.25, 0.3) is 11.5 Å². The van der Waals surface area contributed by atoms with Crippen LogP contribution in [0.15, 0.2) is 59.5 Å². The molecule has 4 rings (SSSR count). The third-order valence-electron chi connectivity index (χ3n) is 5.61. The van der Waals surface area contributed by atoms with E-state index in [2.05, 4.69) is 16.9 Å². The molecule has 0 radical (unpaired) electrons. The SMILES string of the molecule is CN1CC[C@H](CN(C)C(=O)c2ccc(-c3ccc4cc[nH]c(=O)c4c3)cc2)C1. The zero-order chi connectivity index (χ0) is 19.7. The molecule has 0 unspecified atom stereocenters. The molecule has 1 amide bonds. The largest absolute Gasteiger partial charge is 0.341 e. The lowest BCUT2D eigenvalue weighted by atomic mass is 10.0. The summed E-state index contributed by atoms with van der Waals surface area (Å²) in [6.45, 7) is 2.95. The van der Waals surface area contributed by atoms with Crippen molar-refractivity contribution in [3.8, 4) is 11.1 Å². The van der Waals surface area contributed by atoms with Crippen LogP contribution in [0, 0.1) is 5.92 Å². The molecule has 2 aromatic carbocycles. The summed E-state index contributed by atoms with van der Waals surface area (Å²) in [6, 6.07) is 15.4. The van der Waals surface area contributed by atoms with Crippen LogP contribution in [0.25, 0.3) is 21.9 Å². The highest BCUT2D eigenvalue weighted by molar-refractivity contribution is 5.95. The number of rotatable bonds is 4. The first-order chi connectivity index (χ1) is 13.5. The van der Waals surface area contributed by atoms with Gasteiger partial charge < -0.3 is 14.8 Å². The number of benzene rings is 2. The summed E-state index contributed by atoms with van der Waals surface area (Å²) in [5, 5.41) is 1.58. The average molecular weight is 375 g/mol. The maximum Gasteiger partial charge on any atom is 0.255 e. The molecular weight excluding hydrogens is 350 g/mol. The van der Waals surface area contributed by atoms with Crippen molar-refractivity contribution in [2.45, 2.75) is 6.42 Å². The van der Waals surface area contributed by atoms with Crippen LogP contribution in [-0.4, -0.2) is 54.4 Å². The number of likely N-dealkylation sites (tertiary alicyclic amines) is 1. The summed E-state index contributed by atoms with van der Waals surface area (Å²) in [6.07, 6.45) is 2.80. The first-order valence-electron chi connectivity index (χ1n) is 9.67. The minimum absolute atomic E-state index is 0.0519. The van der Waals surface area contributed by atoms with Gasteiger partial charge in [-0.2, -0.15) is 0 Å². The predicted molar refractivity (Wildman–Crippen MR) is 113 cm³/mol. The normalized spacial score (nSPS) is 17.1. The molecule has 5 heteroatoms. The fraction of sp³-hybridized carbons (Fsp3) is 0.304. The Bertz CT molecular complexity index is 1060. The number of aromatic nitrogens is 1. The van der Waals surface area contributed by atoms with Gasteiger partial charge in [-0.3, -0.25) is 9.59 Å². The van der Waals surface area contributed by atoms with Crippen LogP contribution in [0.4, 0.5) is 0 Å². The molecule has 1 atom stereocenters. The van der Waals surface area contributed by atoms with Crippen LogP contribution in [0.2, 0.25) is 0 Å². The van der Waals surface area contributed by atoms with Gasteiger partial charge in [-0.25, -0.2) is 0 Å². The van der Waals surface area contributed by atoms with Crippen molar-refractivity contribution in [3.63, 3.8) is 0 Å². The molecule has 1 N–H and O–H groups in total. The van der Waals surface area contributed by atoms with Crippen molar-refractivity contribution in [2.24, 2.45) is 5.92 Å². The first kappa shape index (κ1) is 18.4. The smallest absolute Gasteiger partial charge is 0.255 e. The van der Waals surface area contributed by atoms with Crippen LogP contribution in [0.3, 0.4) is 0 Å². The average Bonchev–Trinajstić information content (AvgIpc) is 3.12. The van der Waals surface area contributed by atoms with Gasteiger partial charge >= 0.3 is 0 Å². The van der Waals surface area contributed by atoms with Crippen molar-refractivity contribution in [1.82, 2.24) is 14.8 Å². The second-order valence-corrected chi connectivity index (χ2v) is 7.79. The molecule has 1 aliphatic rings. The quantitative estimate of drug-likeness (QED) is 0.762. The molecule has 144 valence electrons. The van der Waals surface area contributed by atoms with E-state index < -0.39 is 0 Å². The highest BCUT2D eigenvalue weighted by Gasteiger charge is 2.23. The molecule has 5 nitrogen and oxygen atoms in total. The maximum atomic E-state index is 12.7. The zero-order valence-electron chi connectivity index (χ0n) is 16.3. The summed E-state index contributed by atoms with van der Waals surface area (Å²) in [5.41, 5.74) is 2.55. The lowest BCUT2D eigenvalue weighted by Gasteiger charge is -2.21. The number of hydrogen-bond donors (Lipinski definition) is 1. The standard InChI is InChI=1S/C23H25N3O2/c1-25-12-10-16(14-25)15-26(2)23(28)19-6-3-17(4-7-19)20-8-5-18-9-11-24-22(27)21(18)13-20/h3-9,11,13,16H,10,12,14-15H2,1-2H3,(H,24,27)/t16-/m0/s1. The third kappa shape index (κ3) is 3.71. The number of nitrogens with one attached hydrogen (secondary N) is 1. The molecule has 1 aromatic heterocycles. The second-order valence-electron chi connectivity index (χ2n) is 7.79. The minimum atomic E-state index is -0.0923. The third-order valence-corrected chi connectivity index (χ3v) is 5.61. The van der Waals surface area contributed by atoms with Gasteiger partial charge in [0.1, 0.15) is 0 Å². The summed E-state index contributed by atoms with van der Waals surface area (Å²) < 4.78 is 0. The van der Waals surface area contributed by atoms with Gasteiger partial charge in [0.15, 0.2) is 0 Å². The van der Waals surface area contributed by atoms with E-state index in [1.54, 1.807) is 6.20 Å². The van der Waals surface area contributed by atoms with Gasteiger partial charge in [-0.15, -0.1) is 0 Å². The number of fused-ring (bicyclic) bond motifs is 1. The molecule has 0 bridgehead atoms. The van der Waals surface area contributed by atoms with Gasteiger partial charge in [-0.05, 0) is 66.7 Å². The lowest BCUT2D eigenvalue weighted by Crippen LogP contribution is -2.32. The number of H-pyrrole nitrogens is 1. The van der Waals surface area contributed by atoms with Gasteiger partial charge in [-0.1, -0.05) is 24.3 Å². The van der Waals surface area contributed by atoms with Crippen molar-refractivity contribution in [2.75, 3.05) is 33.7 Å². The van der Waals surface area contributed by atoms with Gasteiger partial charge in [0.2, 0.25) is 0 Å². The van der Waals surface area contributed by atoms with E-state index in [0.29, 0.717) is 16.9 Å². The Kier molecular flexibility index (Phi) is 5.01. The molecule has 2 heterocycles. The number of nitrogens with zero attached hydrogens (tertiary/aromatic N) is 2. The number of carbonyl (C=O) groups is 1. The van der Waals surface area contributed by atoms with E-state index in [0.717, 1.165) is 42.6 Å². The minimum Gasteiger partial charge on any atom is -0.341 e. The van der Waals surface area contributed by atoms with E-state index in [1.165, 1.54) is 0 Å². The van der Waals surface area contributed by atoms with Crippen LogP contribution < -0.4 is 5.56 Å². The van der Waals surface area contributed by atoms with Crippen molar-refractivity contribution in [1.29, 1.82) is 0 Å². The Morgan fingerprint density at radius 2 is 1.89 bits per heavy atom. The molecule has 0 aliphatic carbocycles. The van der Waals surface area contributed by atoms with Crippen LogP contribution in [-0.2, 0) is 0 Å². The lowest BCUT2D eigenvalue weighted by molar-refractivity contribution is 0.0774. The predicted octanol–water partition coefficient (Wildman–Crippen LogP) is 3.22. The summed E-state index contributed by atoms with van der Waals surface area (Å²) in [5.74, 6) is 0.602. The van der Waals surface area contributed by atoms with Gasteiger partial charge in [0.05, 0.1) is 0 Å². The van der Waals surface area contributed by atoms with Crippen molar-refractivity contribution >= 4 is 16.7 Å². The number of hydrogen-bond acceptors (Lipinski definition) is 3. The molecule has 0 spiro atoms. The van der Waals surface area contributed by atoms with Crippen LogP contribution in [0.5, 0.6) is 0 Å². The Morgan fingerprint density at radius 1 is 1.14 bits per heavy atom. The summed E-state index contributed by atoms with van der Waals surface area (Å²) >= 11 is 0. The van der Waals surface area contributed by atoms with Crippen molar-refractivity contribution < 1.29 is 4.79 Å². The molecule has 28 heavy (non-hydrogen) atoms. The molecule has 3 aromatic rings. The maximum absolute atomic E-state index is 12.7. The number of carbonyl (C=O) groups excluding carboxylic acids is 1. The Hall–Kier alpha value is -2.92. The molecule has 1 saturated heterocycles. The highest BCUT2D eigenvalue weighted by atomic mass is 16.2. The number of pyridine rings is 1. The van der Waals surface area contributed by atoms with Crippen LogP contribution >= 0.6 is 0 Å². The second kappa shape index (κ2) is 7.60. The van der Waals surface area contributed by atoms with Crippen molar-refractivity contribution in [3.05, 3.63) is 70.6 Å². The monoisotopic (exact) mass is 375 g/mol. The summed E-state index contributed by atoms with van der Waals surface area (Å²) in [7, 11) is 4.01. The number of aromatic amines is 1. The fourth-order valence-electron chi connectivity index (χ4n) is 4.03. The topological polar surface area (TPSA) is 56.4 Å². The Morgan fingerprint density at radius 3 is 2.61 bits per heavy atom. The van der Waals surface area contributed by atoms with E-state index in [1.807, 2.05) is 60.5 Å². The first-order valence-corrected chi connectivity index (χ1v) is 9.67. The van der Waals surface area contributed by atoms with E-state index in [-0.39, 0.29) is 11.5 Å². The molecule has 1 aliphatic heterocycles. The Balaban J connectivity index is 1.51. The van der Waals surface area contributed by atoms with Gasteiger partial charge in [0, 0.05) is 37.3 Å². The highest BCUT2D eigenvalue weighted by Crippen LogP contribution is 2.24. The van der Waals surface area contributed by atoms with Crippen LogP contribution in [0.1, 0.15) is 16.8 Å². The van der Waals surface area contributed by atoms with E-state index in [9.17, 15) is 9.59 Å². The Labute approximate surface area is 164 Å². The zero-order valence-corrected chi connectivity index (χ0v) is 16.3. The molecule has 1 fully saturated rings. The van der Waals surface area contributed by atoms with E-state index in [4.69, 9.17) is 0 Å². The molecule has 0 saturated carbocycles. The number of amides is 1. The van der Waals surface area contributed by atoms with E-state index >= 15 is 0 Å². The molecular formula is C23H25N3O2.